The van der Waals surface area contributed by atoms with Gasteiger partial charge in [0.05, 0.1) is 0 Å². The van der Waals surface area contributed by atoms with Gasteiger partial charge in [0.15, 0.2) is 0 Å². The summed E-state index contributed by atoms with van der Waals surface area (Å²) in [6.45, 7) is 1.59. The zero-order chi connectivity index (χ0) is 12.5. The van der Waals surface area contributed by atoms with Gasteiger partial charge in [-0.15, -0.1) is 0 Å². The molecule has 0 aromatic carbocycles. The summed E-state index contributed by atoms with van der Waals surface area (Å²) in [4.78, 5) is 3.98. The summed E-state index contributed by atoms with van der Waals surface area (Å²) in [5, 5.41) is 0. The van der Waals surface area contributed by atoms with Crippen molar-refractivity contribution in [3.8, 4) is 0 Å². The van der Waals surface area contributed by atoms with Gasteiger partial charge < -0.3 is 16.1 Å². The molecule has 0 aliphatic heterocycles. The van der Waals surface area contributed by atoms with Crippen LogP contribution in [0.2, 0.25) is 0 Å². The third kappa shape index (κ3) is 7.53. The van der Waals surface area contributed by atoms with Gasteiger partial charge >= 0.3 is 0 Å². The fraction of sp³-hybridized carbons (Fsp3) is 0.625. The van der Waals surface area contributed by atoms with E-state index in [-0.39, 0.29) is 32.7 Å². The number of aromatic nitrogens is 1. The van der Waals surface area contributed by atoms with Gasteiger partial charge in [0, 0.05) is 45.9 Å². The first-order valence-electron chi connectivity index (χ1n) is 7.14. The number of nitrogens with zero attached hydrogens (tertiary/aromatic N) is 1. The van der Waals surface area contributed by atoms with Crippen molar-refractivity contribution in [2.24, 2.45) is 5.92 Å². The molecule has 1 aromatic rings. The van der Waals surface area contributed by atoms with Crippen LogP contribution in [0, 0.1) is 18.4 Å². The summed E-state index contributed by atoms with van der Waals surface area (Å²) < 4.78 is 5.56. The van der Waals surface area contributed by atoms with Crippen LogP contribution < -0.4 is 0 Å². The maximum atomic E-state index is 5.56. The van der Waals surface area contributed by atoms with Crippen molar-refractivity contribution in [2.75, 3.05) is 6.61 Å². The Morgan fingerprint density at radius 2 is 2.05 bits per heavy atom. The molecule has 19 heavy (non-hydrogen) atoms. The summed E-state index contributed by atoms with van der Waals surface area (Å²) in [6.07, 6.45) is 15.6. The van der Waals surface area contributed by atoms with Crippen LogP contribution >= 0.6 is 0 Å². The number of hydrogen-bond donors (Lipinski definition) is 0. The molecule has 2 nitrogen and oxygen atoms in total. The van der Waals surface area contributed by atoms with Gasteiger partial charge in [0.2, 0.25) is 0 Å². The molecule has 0 spiro atoms. The molecular weight excluding hydrogens is 311 g/mol. The van der Waals surface area contributed by atoms with E-state index in [0.717, 1.165) is 18.1 Å². The fourth-order valence-corrected chi connectivity index (χ4v) is 2.16. The molecule has 0 N–H and O–H groups in total. The molecule has 3 heteroatoms. The summed E-state index contributed by atoms with van der Waals surface area (Å²) in [5.41, 5.74) is 1.11. The number of hydrogen-bond acceptors (Lipinski definition) is 2. The Kier molecular flexibility index (Phi) is 9.94. The SMILES string of the molecule is [CH-]1CCCC1.[Y].[c-]1cncc(COCC2CCC2)c1. The maximum absolute atomic E-state index is 5.56. The normalized spacial score (nSPS) is 17.9. The van der Waals surface area contributed by atoms with Crippen LogP contribution in [0.4, 0.5) is 0 Å². The van der Waals surface area contributed by atoms with Crippen LogP contribution in [-0.2, 0) is 44.1 Å². The first-order valence-corrected chi connectivity index (χ1v) is 7.14. The summed E-state index contributed by atoms with van der Waals surface area (Å²) in [6, 6.07) is 4.86. The van der Waals surface area contributed by atoms with Crippen molar-refractivity contribution in [1.29, 1.82) is 0 Å². The van der Waals surface area contributed by atoms with E-state index < -0.39 is 0 Å². The van der Waals surface area contributed by atoms with Gasteiger partial charge in [0.1, 0.15) is 0 Å². The Bertz CT molecular complexity index is 302. The second kappa shape index (κ2) is 10.9. The zero-order valence-corrected chi connectivity index (χ0v) is 14.5. The first kappa shape index (κ1) is 17.3. The predicted molar refractivity (Wildman–Crippen MR) is 72.8 cm³/mol. The van der Waals surface area contributed by atoms with Gasteiger partial charge in [0.25, 0.3) is 0 Å². The van der Waals surface area contributed by atoms with E-state index in [1.165, 1.54) is 44.9 Å². The number of pyridine rings is 1. The Morgan fingerprint density at radius 1 is 1.26 bits per heavy atom. The average molecular weight is 334 g/mol. The van der Waals surface area contributed by atoms with Gasteiger partial charge in [-0.2, -0.15) is 18.4 Å². The second-order valence-corrected chi connectivity index (χ2v) is 5.18. The zero-order valence-electron chi connectivity index (χ0n) is 11.7. The molecule has 0 amide bonds. The molecule has 0 unspecified atom stereocenters. The van der Waals surface area contributed by atoms with Crippen LogP contribution in [0.5, 0.6) is 0 Å². The molecule has 1 radical (unpaired) electrons. The molecule has 1 aromatic heterocycles. The minimum absolute atomic E-state index is 0. The van der Waals surface area contributed by atoms with Crippen molar-refractivity contribution in [1.82, 2.24) is 4.98 Å². The van der Waals surface area contributed by atoms with Crippen LogP contribution in [0.3, 0.4) is 0 Å². The van der Waals surface area contributed by atoms with E-state index in [9.17, 15) is 0 Å². The van der Waals surface area contributed by atoms with Crippen LogP contribution in [0.1, 0.15) is 50.5 Å². The molecule has 0 atom stereocenters. The smallest absolute Gasteiger partial charge is 0.0478 e. The predicted octanol–water partition coefficient (Wildman–Crippen LogP) is 3.96. The largest absolute Gasteiger partial charge is 0.394 e. The maximum Gasteiger partial charge on any atom is 0.0478 e. The Hall–Kier alpha value is 0.214. The monoisotopic (exact) mass is 334 g/mol. The van der Waals surface area contributed by atoms with Crippen molar-refractivity contribution in [3.05, 3.63) is 36.5 Å². The average Bonchev–Trinajstić information content (AvgIpc) is 2.93. The van der Waals surface area contributed by atoms with Crippen molar-refractivity contribution in [3.63, 3.8) is 0 Å². The molecule has 2 aliphatic carbocycles. The van der Waals surface area contributed by atoms with E-state index >= 15 is 0 Å². The second-order valence-electron chi connectivity index (χ2n) is 5.18. The standard InChI is InChI=1S/C11H14NO.C5H9.Y/c1-3-10(4-1)8-13-9-11-5-2-6-12-7-11;1-2-4-5-3-1;/h5-7,10H,1,3-4,8-9H2;1H,2-5H2;/q2*-1;. The Balaban J connectivity index is 0.000000256. The molecule has 0 bridgehead atoms. The first-order chi connectivity index (χ1) is 8.95. The fourth-order valence-electron chi connectivity index (χ4n) is 2.16. The van der Waals surface area contributed by atoms with Crippen molar-refractivity contribution >= 4 is 0 Å². The number of rotatable bonds is 4. The van der Waals surface area contributed by atoms with E-state index in [1.54, 1.807) is 6.20 Å². The summed E-state index contributed by atoms with van der Waals surface area (Å²) >= 11 is 0. The van der Waals surface area contributed by atoms with Gasteiger partial charge in [-0.25, -0.2) is 12.1 Å². The molecule has 0 saturated heterocycles. The molecule has 2 fully saturated rings. The Labute approximate surface area is 142 Å². The molecule has 2 aliphatic rings. The van der Waals surface area contributed by atoms with Gasteiger partial charge in [-0.1, -0.05) is 31.7 Å². The quantitative estimate of drug-likeness (QED) is 0.778. The van der Waals surface area contributed by atoms with E-state index in [1.807, 2.05) is 12.3 Å². The molecule has 1 heterocycles. The summed E-state index contributed by atoms with van der Waals surface area (Å²) in [5.74, 6) is 0.820. The van der Waals surface area contributed by atoms with E-state index in [0.29, 0.717) is 6.61 Å². The van der Waals surface area contributed by atoms with Crippen LogP contribution in [0.15, 0.2) is 18.5 Å². The minimum Gasteiger partial charge on any atom is -0.394 e. The van der Waals surface area contributed by atoms with Crippen molar-refractivity contribution in [2.45, 2.75) is 51.6 Å². The minimum atomic E-state index is 0. The van der Waals surface area contributed by atoms with Crippen LogP contribution in [0.25, 0.3) is 0 Å². The molecule has 2 saturated carbocycles. The van der Waals surface area contributed by atoms with E-state index in [2.05, 4.69) is 17.5 Å². The number of ether oxygens (including phenoxy) is 1. The topological polar surface area (TPSA) is 22.1 Å². The van der Waals surface area contributed by atoms with E-state index in [4.69, 9.17) is 4.74 Å². The molecule has 3 rings (SSSR count). The third-order valence-corrected chi connectivity index (χ3v) is 3.57. The van der Waals surface area contributed by atoms with Gasteiger partial charge in [-0.3, -0.25) is 0 Å². The van der Waals surface area contributed by atoms with Crippen LogP contribution in [-0.4, -0.2) is 11.6 Å². The Morgan fingerprint density at radius 3 is 2.53 bits per heavy atom. The summed E-state index contributed by atoms with van der Waals surface area (Å²) in [7, 11) is 0. The third-order valence-electron chi connectivity index (χ3n) is 3.57. The molecular formula is C16H23NOY-2. The molecule has 103 valence electrons. The van der Waals surface area contributed by atoms with Gasteiger partial charge in [-0.05, 0) is 18.8 Å². The van der Waals surface area contributed by atoms with Crippen molar-refractivity contribution < 1.29 is 37.4 Å².